The summed E-state index contributed by atoms with van der Waals surface area (Å²) in [7, 11) is 0. The van der Waals surface area contributed by atoms with Gasteiger partial charge in [0.2, 0.25) is 5.95 Å². The summed E-state index contributed by atoms with van der Waals surface area (Å²) in [4.78, 5) is 12.1. The fourth-order valence-corrected chi connectivity index (χ4v) is 1.84. The highest BCUT2D eigenvalue weighted by Crippen LogP contribution is 2.23. The summed E-state index contributed by atoms with van der Waals surface area (Å²) in [6.45, 7) is 0. The average Bonchev–Trinajstić information content (AvgIpc) is 2.32. The van der Waals surface area contributed by atoms with Crippen LogP contribution in [-0.2, 0) is 0 Å². The molecule has 2 N–H and O–H groups in total. The minimum atomic E-state index is -0.368. The van der Waals surface area contributed by atoms with E-state index in [0.29, 0.717) is 21.0 Å². The lowest BCUT2D eigenvalue weighted by molar-refractivity contribution is 0.621. The van der Waals surface area contributed by atoms with E-state index in [-0.39, 0.29) is 11.8 Å². The molecule has 0 atom stereocenters. The van der Waals surface area contributed by atoms with Crippen molar-refractivity contribution in [3.05, 3.63) is 28.5 Å². The Hall–Kier alpha value is -1.21. The molecule has 0 saturated carbocycles. The number of thioether (sulfide) groups is 1. The van der Waals surface area contributed by atoms with Gasteiger partial charge in [-0.05, 0) is 40.4 Å². The summed E-state index contributed by atoms with van der Waals surface area (Å²) in [5.74, 6) is 0.128. The normalized spacial score (nSPS) is 10.5. The molecule has 0 aliphatic rings. The van der Waals surface area contributed by atoms with Crippen LogP contribution in [0, 0.1) is 5.82 Å². The topological polar surface area (TPSA) is 64.7 Å². The van der Waals surface area contributed by atoms with E-state index in [0.717, 1.165) is 0 Å². The second kappa shape index (κ2) is 4.97. The second-order valence-electron chi connectivity index (χ2n) is 3.13. The number of nitrogens with zero attached hydrogens (tertiary/aromatic N) is 3. The van der Waals surface area contributed by atoms with Crippen molar-refractivity contribution in [3.63, 3.8) is 0 Å². The Morgan fingerprint density at radius 2 is 2.06 bits per heavy atom. The van der Waals surface area contributed by atoms with Crippen LogP contribution in [-0.4, -0.2) is 21.2 Å². The standard InChI is InChI=1S/C10H8BrFN4S/c1-17-10-15-8(14-9(13)16-10)5-2-3-6(11)7(12)4-5/h2-4H,1H3,(H2,13,14,15,16). The van der Waals surface area contributed by atoms with E-state index < -0.39 is 0 Å². The maximum Gasteiger partial charge on any atom is 0.224 e. The summed E-state index contributed by atoms with van der Waals surface area (Å²) < 4.78 is 13.8. The molecule has 0 bridgehead atoms. The molecule has 1 aromatic heterocycles. The summed E-state index contributed by atoms with van der Waals surface area (Å²) in [6.07, 6.45) is 1.83. The van der Waals surface area contributed by atoms with E-state index in [1.54, 1.807) is 12.1 Å². The third-order valence-corrected chi connectivity index (χ3v) is 3.18. The summed E-state index contributed by atoms with van der Waals surface area (Å²) in [6, 6.07) is 4.67. The number of nitrogen functional groups attached to an aromatic ring is 1. The molecule has 0 aliphatic carbocycles. The van der Waals surface area contributed by atoms with Gasteiger partial charge in [0.05, 0.1) is 4.47 Å². The van der Waals surface area contributed by atoms with Gasteiger partial charge in [0.1, 0.15) is 5.82 Å². The Morgan fingerprint density at radius 3 is 2.71 bits per heavy atom. The first-order chi connectivity index (χ1) is 8.10. The van der Waals surface area contributed by atoms with Crippen LogP contribution in [0.25, 0.3) is 11.4 Å². The number of rotatable bonds is 2. The lowest BCUT2D eigenvalue weighted by atomic mass is 10.2. The van der Waals surface area contributed by atoms with Crippen LogP contribution in [0.5, 0.6) is 0 Å². The van der Waals surface area contributed by atoms with Gasteiger partial charge in [-0.1, -0.05) is 11.8 Å². The van der Waals surface area contributed by atoms with Crippen LogP contribution in [0.1, 0.15) is 0 Å². The molecule has 0 saturated heterocycles. The number of halogens is 2. The van der Waals surface area contributed by atoms with Crippen LogP contribution in [0.2, 0.25) is 0 Å². The van der Waals surface area contributed by atoms with Gasteiger partial charge in [0.15, 0.2) is 11.0 Å². The fraction of sp³-hybridized carbons (Fsp3) is 0.100. The molecule has 1 aromatic carbocycles. The Morgan fingerprint density at radius 1 is 1.29 bits per heavy atom. The summed E-state index contributed by atoms with van der Waals surface area (Å²) >= 11 is 4.44. The molecule has 0 fully saturated rings. The lowest BCUT2D eigenvalue weighted by Crippen LogP contribution is -2.01. The molecule has 7 heteroatoms. The summed E-state index contributed by atoms with van der Waals surface area (Å²) in [5.41, 5.74) is 6.13. The number of aromatic nitrogens is 3. The van der Waals surface area contributed by atoms with Crippen molar-refractivity contribution in [3.8, 4) is 11.4 Å². The predicted octanol–water partition coefficient (Wildman–Crippen LogP) is 2.74. The highest BCUT2D eigenvalue weighted by molar-refractivity contribution is 9.10. The molecular weight excluding hydrogens is 307 g/mol. The van der Waals surface area contributed by atoms with Crippen molar-refractivity contribution in [2.45, 2.75) is 5.16 Å². The molecule has 1 heterocycles. The second-order valence-corrected chi connectivity index (χ2v) is 4.76. The Labute approximate surface area is 110 Å². The minimum absolute atomic E-state index is 0.127. The SMILES string of the molecule is CSc1nc(N)nc(-c2ccc(Br)c(F)c2)n1. The van der Waals surface area contributed by atoms with E-state index in [1.165, 1.54) is 17.8 Å². The number of benzene rings is 1. The van der Waals surface area contributed by atoms with E-state index in [4.69, 9.17) is 5.73 Å². The molecular formula is C10H8BrFN4S. The summed E-state index contributed by atoms with van der Waals surface area (Å²) in [5, 5.41) is 0.510. The van der Waals surface area contributed by atoms with E-state index in [2.05, 4.69) is 30.9 Å². The molecule has 0 spiro atoms. The van der Waals surface area contributed by atoms with Gasteiger partial charge in [-0.2, -0.15) is 9.97 Å². The monoisotopic (exact) mass is 314 g/mol. The van der Waals surface area contributed by atoms with Crippen LogP contribution < -0.4 is 5.73 Å². The Balaban J connectivity index is 2.52. The highest BCUT2D eigenvalue weighted by atomic mass is 79.9. The first-order valence-corrected chi connectivity index (χ1v) is 6.63. The van der Waals surface area contributed by atoms with Crippen LogP contribution in [0.15, 0.2) is 27.8 Å². The zero-order chi connectivity index (χ0) is 12.4. The predicted molar refractivity (Wildman–Crippen MR) is 69.1 cm³/mol. The van der Waals surface area contributed by atoms with E-state index >= 15 is 0 Å². The van der Waals surface area contributed by atoms with Crippen molar-refractivity contribution in [2.24, 2.45) is 0 Å². The van der Waals surface area contributed by atoms with Crippen molar-refractivity contribution in [1.82, 2.24) is 15.0 Å². The van der Waals surface area contributed by atoms with E-state index in [9.17, 15) is 4.39 Å². The Kier molecular flexibility index (Phi) is 3.58. The van der Waals surface area contributed by atoms with Crippen LogP contribution in [0.4, 0.5) is 10.3 Å². The fourth-order valence-electron chi connectivity index (χ4n) is 1.23. The van der Waals surface area contributed by atoms with Gasteiger partial charge in [0.25, 0.3) is 0 Å². The largest absolute Gasteiger partial charge is 0.368 e. The van der Waals surface area contributed by atoms with Gasteiger partial charge in [-0.15, -0.1) is 0 Å². The maximum atomic E-state index is 13.4. The van der Waals surface area contributed by atoms with Crippen molar-refractivity contribution in [2.75, 3.05) is 12.0 Å². The van der Waals surface area contributed by atoms with Gasteiger partial charge < -0.3 is 5.73 Å². The minimum Gasteiger partial charge on any atom is -0.368 e. The zero-order valence-electron chi connectivity index (χ0n) is 8.82. The molecule has 0 radical (unpaired) electrons. The number of anilines is 1. The first-order valence-electron chi connectivity index (χ1n) is 4.61. The van der Waals surface area contributed by atoms with Crippen LogP contribution in [0.3, 0.4) is 0 Å². The molecule has 88 valence electrons. The number of hydrogen-bond donors (Lipinski definition) is 1. The molecule has 17 heavy (non-hydrogen) atoms. The average molecular weight is 315 g/mol. The zero-order valence-corrected chi connectivity index (χ0v) is 11.2. The van der Waals surface area contributed by atoms with E-state index in [1.807, 2.05) is 6.26 Å². The van der Waals surface area contributed by atoms with Crippen molar-refractivity contribution < 1.29 is 4.39 Å². The van der Waals surface area contributed by atoms with Gasteiger partial charge >= 0.3 is 0 Å². The third-order valence-electron chi connectivity index (χ3n) is 1.99. The highest BCUT2D eigenvalue weighted by Gasteiger charge is 2.08. The Bertz CT molecular complexity index is 564. The molecule has 0 unspecified atom stereocenters. The number of hydrogen-bond acceptors (Lipinski definition) is 5. The third kappa shape index (κ3) is 2.73. The van der Waals surface area contributed by atoms with Crippen LogP contribution >= 0.6 is 27.7 Å². The van der Waals surface area contributed by atoms with Gasteiger partial charge in [0, 0.05) is 5.56 Å². The molecule has 0 amide bonds. The molecule has 2 aromatic rings. The molecule has 0 aliphatic heterocycles. The maximum absolute atomic E-state index is 13.4. The molecule has 2 rings (SSSR count). The lowest BCUT2D eigenvalue weighted by Gasteiger charge is -2.04. The first kappa shape index (κ1) is 12.3. The number of nitrogens with two attached hydrogens (primary N) is 1. The van der Waals surface area contributed by atoms with Crippen molar-refractivity contribution in [1.29, 1.82) is 0 Å². The van der Waals surface area contributed by atoms with Gasteiger partial charge in [-0.25, -0.2) is 9.37 Å². The smallest absolute Gasteiger partial charge is 0.224 e. The van der Waals surface area contributed by atoms with Gasteiger partial charge in [-0.3, -0.25) is 0 Å². The quantitative estimate of drug-likeness (QED) is 0.863. The molecule has 4 nitrogen and oxygen atoms in total. The van der Waals surface area contributed by atoms with Crippen molar-refractivity contribution >= 4 is 33.6 Å².